The second-order valence-corrected chi connectivity index (χ2v) is 6.58. The monoisotopic (exact) mass is 362 g/mol. The zero-order chi connectivity index (χ0) is 17.8. The third-order valence-electron chi connectivity index (χ3n) is 4.16. The first kappa shape index (κ1) is 17.9. The van der Waals surface area contributed by atoms with Crippen LogP contribution < -0.4 is 5.32 Å². The molecule has 2 aromatic rings. The van der Waals surface area contributed by atoms with Gasteiger partial charge >= 0.3 is 0 Å². The highest BCUT2D eigenvalue weighted by molar-refractivity contribution is 6.33. The number of morpholine rings is 1. The highest BCUT2D eigenvalue weighted by atomic mass is 35.5. The molecule has 1 atom stereocenters. The Kier molecular flexibility index (Phi) is 5.68. The maximum atomic E-state index is 13.1. The third kappa shape index (κ3) is 4.78. The minimum absolute atomic E-state index is 0.120. The van der Waals surface area contributed by atoms with Crippen molar-refractivity contribution in [1.82, 2.24) is 4.90 Å². The number of ether oxygens (including phenoxy) is 1. The lowest BCUT2D eigenvalue weighted by Gasteiger charge is -2.32. The molecular formula is C19H20ClFN2O2. The fourth-order valence-electron chi connectivity index (χ4n) is 2.84. The van der Waals surface area contributed by atoms with E-state index in [2.05, 4.69) is 5.32 Å². The lowest BCUT2D eigenvalue weighted by atomic mass is 10.1. The quantitative estimate of drug-likeness (QED) is 0.899. The van der Waals surface area contributed by atoms with Gasteiger partial charge in [0.05, 0.1) is 30.0 Å². The van der Waals surface area contributed by atoms with Crippen LogP contribution in [-0.2, 0) is 9.53 Å². The number of nitrogens with one attached hydrogen (secondary N) is 1. The number of carbonyl (C=O) groups is 1. The molecule has 1 aliphatic rings. The molecule has 1 unspecified atom stereocenters. The van der Waals surface area contributed by atoms with E-state index in [1.165, 1.54) is 12.1 Å². The number of halogens is 2. The second kappa shape index (κ2) is 7.95. The van der Waals surface area contributed by atoms with Gasteiger partial charge in [0, 0.05) is 13.1 Å². The van der Waals surface area contributed by atoms with Crippen molar-refractivity contribution in [2.24, 2.45) is 0 Å². The topological polar surface area (TPSA) is 41.6 Å². The van der Waals surface area contributed by atoms with Gasteiger partial charge in [-0.05, 0) is 42.3 Å². The van der Waals surface area contributed by atoms with Gasteiger partial charge in [-0.25, -0.2) is 4.39 Å². The first-order valence-corrected chi connectivity index (χ1v) is 8.54. The smallest absolute Gasteiger partial charge is 0.238 e. The van der Waals surface area contributed by atoms with Crippen molar-refractivity contribution in [3.63, 3.8) is 0 Å². The average molecular weight is 363 g/mol. The van der Waals surface area contributed by atoms with E-state index in [1.54, 1.807) is 18.2 Å². The van der Waals surface area contributed by atoms with E-state index in [4.69, 9.17) is 16.3 Å². The number of hydrogen-bond donors (Lipinski definition) is 1. The Hall–Kier alpha value is -1.95. The first-order chi connectivity index (χ1) is 12.0. The third-order valence-corrected chi connectivity index (χ3v) is 4.47. The number of benzene rings is 2. The van der Waals surface area contributed by atoms with Crippen LogP contribution in [0, 0.1) is 12.7 Å². The molecule has 0 bridgehead atoms. The maximum absolute atomic E-state index is 13.1. The summed E-state index contributed by atoms with van der Waals surface area (Å²) in [5.74, 6) is -0.392. The van der Waals surface area contributed by atoms with Crippen molar-refractivity contribution in [1.29, 1.82) is 0 Å². The summed E-state index contributed by atoms with van der Waals surface area (Å²) >= 11 is 6.15. The molecule has 4 nitrogen and oxygen atoms in total. The van der Waals surface area contributed by atoms with Crippen molar-refractivity contribution in [2.45, 2.75) is 13.0 Å². The molecule has 0 aliphatic carbocycles. The van der Waals surface area contributed by atoms with Crippen molar-refractivity contribution < 1.29 is 13.9 Å². The molecule has 1 heterocycles. The van der Waals surface area contributed by atoms with E-state index in [0.29, 0.717) is 30.4 Å². The van der Waals surface area contributed by atoms with Gasteiger partial charge in [0.1, 0.15) is 5.82 Å². The van der Waals surface area contributed by atoms with Crippen LogP contribution in [0.4, 0.5) is 10.1 Å². The number of nitrogens with zero attached hydrogens (tertiary/aromatic N) is 1. The number of anilines is 1. The van der Waals surface area contributed by atoms with Crippen LogP contribution >= 0.6 is 11.6 Å². The van der Waals surface area contributed by atoms with Gasteiger partial charge in [0.25, 0.3) is 0 Å². The Labute approximate surface area is 151 Å². The van der Waals surface area contributed by atoms with E-state index in [0.717, 1.165) is 11.1 Å². The molecular weight excluding hydrogens is 343 g/mol. The van der Waals surface area contributed by atoms with Crippen LogP contribution in [0.25, 0.3) is 0 Å². The number of rotatable bonds is 4. The summed E-state index contributed by atoms with van der Waals surface area (Å²) in [6.45, 7) is 3.99. The van der Waals surface area contributed by atoms with Gasteiger partial charge < -0.3 is 10.1 Å². The molecule has 6 heteroatoms. The Morgan fingerprint density at radius 3 is 2.80 bits per heavy atom. The SMILES string of the molecule is Cc1ccc(NC(=O)CN2CCOC(c3ccc(F)cc3)C2)c(Cl)c1. The fraction of sp³-hybridized carbons (Fsp3) is 0.316. The minimum Gasteiger partial charge on any atom is -0.371 e. The van der Waals surface area contributed by atoms with Crippen LogP contribution in [0.1, 0.15) is 17.2 Å². The average Bonchev–Trinajstić information content (AvgIpc) is 2.58. The van der Waals surface area contributed by atoms with E-state index < -0.39 is 0 Å². The van der Waals surface area contributed by atoms with Crippen molar-refractivity contribution in [3.05, 3.63) is 64.4 Å². The van der Waals surface area contributed by atoms with Gasteiger partial charge in [0.2, 0.25) is 5.91 Å². The molecule has 1 fully saturated rings. The Morgan fingerprint density at radius 2 is 2.08 bits per heavy atom. The van der Waals surface area contributed by atoms with Gasteiger partial charge in [-0.15, -0.1) is 0 Å². The molecule has 1 aliphatic heterocycles. The molecule has 1 amide bonds. The lowest BCUT2D eigenvalue weighted by molar-refractivity contribution is -0.119. The molecule has 132 valence electrons. The van der Waals surface area contributed by atoms with Gasteiger partial charge in [-0.2, -0.15) is 0 Å². The summed E-state index contributed by atoms with van der Waals surface area (Å²) in [7, 11) is 0. The predicted octanol–water partition coefficient (Wildman–Crippen LogP) is 3.80. The Morgan fingerprint density at radius 1 is 1.32 bits per heavy atom. The van der Waals surface area contributed by atoms with Crippen LogP contribution in [0.3, 0.4) is 0 Å². The van der Waals surface area contributed by atoms with Crippen molar-refractivity contribution in [3.8, 4) is 0 Å². The standard InChI is InChI=1S/C19H20ClFN2O2/c1-13-2-7-17(16(20)10-13)22-19(24)12-23-8-9-25-18(11-23)14-3-5-15(21)6-4-14/h2-7,10,18H,8-9,11-12H2,1H3,(H,22,24). The largest absolute Gasteiger partial charge is 0.371 e. The summed E-state index contributed by atoms with van der Waals surface area (Å²) in [4.78, 5) is 14.3. The zero-order valence-corrected chi connectivity index (χ0v) is 14.7. The van der Waals surface area contributed by atoms with E-state index in [9.17, 15) is 9.18 Å². The molecule has 1 saturated heterocycles. The summed E-state index contributed by atoms with van der Waals surface area (Å²) in [6.07, 6.45) is -0.162. The van der Waals surface area contributed by atoms with Crippen LogP contribution in [0.5, 0.6) is 0 Å². The number of carbonyl (C=O) groups excluding carboxylic acids is 1. The molecule has 1 N–H and O–H groups in total. The van der Waals surface area contributed by atoms with Gasteiger partial charge in [0.15, 0.2) is 0 Å². The maximum Gasteiger partial charge on any atom is 0.238 e. The summed E-state index contributed by atoms with van der Waals surface area (Å²) in [6, 6.07) is 11.8. The molecule has 0 spiro atoms. The van der Waals surface area contributed by atoms with Crippen LogP contribution in [0.15, 0.2) is 42.5 Å². The van der Waals surface area contributed by atoms with E-state index in [1.807, 2.05) is 24.0 Å². The van der Waals surface area contributed by atoms with E-state index >= 15 is 0 Å². The molecule has 0 radical (unpaired) electrons. The molecule has 0 saturated carbocycles. The van der Waals surface area contributed by atoms with Gasteiger partial charge in [-0.3, -0.25) is 9.69 Å². The number of amides is 1. The number of aryl methyl sites for hydroxylation is 1. The van der Waals surface area contributed by atoms with Crippen LogP contribution in [-0.4, -0.2) is 37.0 Å². The highest BCUT2D eigenvalue weighted by Gasteiger charge is 2.23. The zero-order valence-electron chi connectivity index (χ0n) is 14.0. The Balaban J connectivity index is 1.58. The predicted molar refractivity (Wildman–Crippen MR) is 96.4 cm³/mol. The summed E-state index contributed by atoms with van der Waals surface area (Å²) in [5.41, 5.74) is 2.56. The molecule has 25 heavy (non-hydrogen) atoms. The van der Waals surface area contributed by atoms with Crippen LogP contribution in [0.2, 0.25) is 5.02 Å². The van der Waals surface area contributed by atoms with Crippen molar-refractivity contribution in [2.75, 3.05) is 31.6 Å². The summed E-state index contributed by atoms with van der Waals surface area (Å²) < 4.78 is 18.8. The van der Waals surface area contributed by atoms with Gasteiger partial charge in [-0.1, -0.05) is 29.8 Å². The molecule has 2 aromatic carbocycles. The first-order valence-electron chi connectivity index (χ1n) is 8.17. The molecule has 0 aromatic heterocycles. The minimum atomic E-state index is -0.272. The summed E-state index contributed by atoms with van der Waals surface area (Å²) in [5, 5.41) is 3.37. The number of hydrogen-bond acceptors (Lipinski definition) is 3. The van der Waals surface area contributed by atoms with E-state index in [-0.39, 0.29) is 24.4 Å². The second-order valence-electron chi connectivity index (χ2n) is 6.18. The normalized spacial score (nSPS) is 18.1. The van der Waals surface area contributed by atoms with Crippen molar-refractivity contribution >= 4 is 23.2 Å². The lowest BCUT2D eigenvalue weighted by Crippen LogP contribution is -2.42. The highest BCUT2D eigenvalue weighted by Crippen LogP contribution is 2.24. The fourth-order valence-corrected chi connectivity index (χ4v) is 3.12. The molecule has 3 rings (SSSR count). The Bertz CT molecular complexity index is 752.